The Labute approximate surface area is 362 Å². The average molecular weight is 849 g/mol. The molecule has 0 spiro atoms. The SMILES string of the molecule is CCOC(=O)c1cc(-n2cccn2)cc(-c2cccc(C#C[C@]3(O)CCN(C)C3=O)c2)n1.CN1CC[C@@](O)(C#Cc2cccc(-c3cc(-n4cccn4)cc(C(N)=O)n3)c2)C1=O.N. The van der Waals surface area contributed by atoms with Gasteiger partial charge in [-0.1, -0.05) is 47.9 Å². The summed E-state index contributed by atoms with van der Waals surface area (Å²) in [6, 6.07) is 24.7. The minimum Gasteiger partial charge on any atom is -0.461 e. The Hall–Kier alpha value is -7.96. The van der Waals surface area contributed by atoms with Crippen molar-refractivity contribution < 1.29 is 34.1 Å². The molecule has 6 aromatic rings. The molecular formula is C46H44N10O7. The number of amides is 3. The minimum absolute atomic E-state index is 0. The van der Waals surface area contributed by atoms with Crippen molar-refractivity contribution in [1.29, 1.82) is 0 Å². The van der Waals surface area contributed by atoms with Crippen LogP contribution in [-0.4, -0.2) is 118 Å². The molecule has 2 atom stereocenters. The number of hydrogen-bond donors (Lipinski definition) is 4. The van der Waals surface area contributed by atoms with E-state index >= 15 is 0 Å². The third-order valence-corrected chi connectivity index (χ3v) is 10.1. The predicted molar refractivity (Wildman–Crippen MR) is 231 cm³/mol. The first-order valence-corrected chi connectivity index (χ1v) is 19.5. The van der Waals surface area contributed by atoms with Crippen molar-refractivity contribution in [2.75, 3.05) is 33.8 Å². The molecule has 2 aliphatic heterocycles. The van der Waals surface area contributed by atoms with Crippen LogP contribution in [0, 0.1) is 23.7 Å². The van der Waals surface area contributed by atoms with E-state index in [1.165, 1.54) is 9.80 Å². The molecule has 0 radical (unpaired) electrons. The average Bonchev–Trinajstić information content (AvgIpc) is 4.12. The molecule has 6 heterocycles. The van der Waals surface area contributed by atoms with E-state index in [1.807, 2.05) is 18.2 Å². The van der Waals surface area contributed by atoms with Crippen LogP contribution in [0.1, 0.15) is 51.9 Å². The third kappa shape index (κ3) is 9.99. The Bertz CT molecular complexity index is 2800. The molecule has 7 N–H and O–H groups in total. The molecule has 0 saturated carbocycles. The Kier molecular flexibility index (Phi) is 13.3. The maximum absolute atomic E-state index is 12.4. The van der Waals surface area contributed by atoms with Gasteiger partial charge in [0.2, 0.25) is 11.2 Å². The quantitative estimate of drug-likeness (QED) is 0.134. The number of likely N-dealkylation sites (tertiary alicyclic amines) is 2. The standard InChI is InChI=1S/C24H22N4O4.C22H19N5O3.H3N/c1-3-32-22(29)21-16-19(28-12-5-11-25-28)15-20(26-21)18-7-4-6-17(14-18)8-9-24(31)10-13-27(2)23(24)30;1-26-11-8-22(30,21(26)29)7-6-15-4-2-5-16(12-15)18-13-17(27-10-3-9-24-27)14-19(25-18)20(23)28;/h4-7,11-12,14-16,31H,3,10,13H2,1-2H3;2-5,9-10,12-14,30H,8,11H2,1H3,(H2,23,28);1H3/t24-;22-;/m00./s1. The molecule has 0 aliphatic carbocycles. The van der Waals surface area contributed by atoms with Gasteiger partial charge in [-0.15, -0.1) is 0 Å². The van der Waals surface area contributed by atoms with Crippen molar-refractivity contribution in [3.8, 4) is 57.6 Å². The van der Waals surface area contributed by atoms with Gasteiger partial charge in [-0.2, -0.15) is 10.2 Å². The minimum atomic E-state index is -1.67. The molecule has 2 saturated heterocycles. The molecule has 63 heavy (non-hydrogen) atoms. The molecule has 2 aromatic carbocycles. The summed E-state index contributed by atoms with van der Waals surface area (Å²) in [5.41, 5.74) is 7.42. The normalized spacial score (nSPS) is 17.7. The van der Waals surface area contributed by atoms with E-state index in [0.717, 1.165) is 5.56 Å². The molecule has 2 fully saturated rings. The molecule has 3 amide bonds. The van der Waals surface area contributed by atoms with Crippen molar-refractivity contribution in [3.05, 3.63) is 132 Å². The van der Waals surface area contributed by atoms with Crippen LogP contribution in [-0.2, 0) is 14.3 Å². The van der Waals surface area contributed by atoms with Gasteiger partial charge in [0.15, 0.2) is 5.69 Å². The fourth-order valence-corrected chi connectivity index (χ4v) is 6.67. The summed E-state index contributed by atoms with van der Waals surface area (Å²) >= 11 is 0. The molecular weight excluding hydrogens is 805 g/mol. The fourth-order valence-electron chi connectivity index (χ4n) is 6.67. The van der Waals surface area contributed by atoms with Crippen LogP contribution in [0.3, 0.4) is 0 Å². The zero-order valence-electron chi connectivity index (χ0n) is 34.7. The first kappa shape index (κ1) is 44.6. The summed E-state index contributed by atoms with van der Waals surface area (Å²) in [6.07, 6.45) is 7.34. The summed E-state index contributed by atoms with van der Waals surface area (Å²) in [4.78, 5) is 60.1. The second-order valence-electron chi connectivity index (χ2n) is 14.5. The highest BCUT2D eigenvalue weighted by Gasteiger charge is 2.43. The van der Waals surface area contributed by atoms with Gasteiger partial charge in [0.1, 0.15) is 5.69 Å². The number of pyridine rings is 2. The van der Waals surface area contributed by atoms with Crippen LogP contribution >= 0.6 is 0 Å². The van der Waals surface area contributed by atoms with E-state index in [0.29, 0.717) is 52.5 Å². The number of likely N-dealkylation sites (N-methyl/N-ethyl adjacent to an activating group) is 2. The number of carbonyl (C=O) groups excluding carboxylic acids is 4. The van der Waals surface area contributed by atoms with E-state index in [9.17, 15) is 29.4 Å². The number of aromatic nitrogens is 6. The Morgan fingerprint density at radius 1 is 0.714 bits per heavy atom. The van der Waals surface area contributed by atoms with Crippen molar-refractivity contribution in [3.63, 3.8) is 0 Å². The van der Waals surface area contributed by atoms with Crippen molar-refractivity contribution >= 4 is 23.7 Å². The lowest BCUT2D eigenvalue weighted by atomic mass is 10.0. The number of aliphatic hydroxyl groups is 2. The molecule has 0 unspecified atom stereocenters. The number of ether oxygens (including phenoxy) is 1. The number of carbonyl (C=O) groups is 4. The number of nitrogens with two attached hydrogens (primary N) is 1. The van der Waals surface area contributed by atoms with Crippen LogP contribution in [0.4, 0.5) is 0 Å². The Balaban J connectivity index is 0.000000207. The number of rotatable bonds is 7. The molecule has 0 bridgehead atoms. The second kappa shape index (κ2) is 18.8. The van der Waals surface area contributed by atoms with E-state index in [1.54, 1.807) is 122 Å². The zero-order chi connectivity index (χ0) is 44.0. The number of benzene rings is 2. The van der Waals surface area contributed by atoms with Gasteiger partial charge in [0.25, 0.3) is 17.7 Å². The molecule has 17 nitrogen and oxygen atoms in total. The molecule has 4 aromatic heterocycles. The first-order chi connectivity index (χ1) is 29.7. The Morgan fingerprint density at radius 3 is 1.57 bits per heavy atom. The first-order valence-electron chi connectivity index (χ1n) is 19.5. The van der Waals surface area contributed by atoms with E-state index in [2.05, 4.69) is 43.8 Å². The monoisotopic (exact) mass is 848 g/mol. The number of nitrogens with zero attached hydrogens (tertiary/aromatic N) is 8. The van der Waals surface area contributed by atoms with E-state index in [-0.39, 0.29) is 37.0 Å². The molecule has 2 aliphatic rings. The van der Waals surface area contributed by atoms with Crippen molar-refractivity contribution in [1.82, 2.24) is 45.5 Å². The topological polar surface area (TPSA) is 247 Å². The van der Waals surface area contributed by atoms with Gasteiger partial charge in [-0.05, 0) is 67.6 Å². The van der Waals surface area contributed by atoms with Gasteiger partial charge >= 0.3 is 5.97 Å². The predicted octanol–water partition coefficient (Wildman–Crippen LogP) is 3.20. The van der Waals surface area contributed by atoms with Crippen LogP contribution < -0.4 is 11.9 Å². The van der Waals surface area contributed by atoms with Crippen LogP contribution in [0.2, 0.25) is 0 Å². The molecule has 320 valence electrons. The lowest BCUT2D eigenvalue weighted by Crippen LogP contribution is -2.37. The maximum Gasteiger partial charge on any atom is 0.357 e. The smallest absolute Gasteiger partial charge is 0.357 e. The van der Waals surface area contributed by atoms with Gasteiger partial charge in [-0.25, -0.2) is 24.1 Å². The van der Waals surface area contributed by atoms with Gasteiger partial charge in [0.05, 0.1) is 29.4 Å². The largest absolute Gasteiger partial charge is 0.461 e. The van der Waals surface area contributed by atoms with Crippen LogP contribution in [0.15, 0.2) is 110 Å². The van der Waals surface area contributed by atoms with Gasteiger partial charge in [0, 0.05) is 87.1 Å². The summed E-state index contributed by atoms with van der Waals surface area (Å²) in [5.74, 6) is 9.25. The highest BCUT2D eigenvalue weighted by Crippen LogP contribution is 2.26. The van der Waals surface area contributed by atoms with Crippen molar-refractivity contribution in [2.24, 2.45) is 5.73 Å². The van der Waals surface area contributed by atoms with E-state index < -0.39 is 34.9 Å². The fraction of sp³-hybridized carbons (Fsp3) is 0.217. The second-order valence-corrected chi connectivity index (χ2v) is 14.5. The molecule has 8 rings (SSSR count). The Morgan fingerprint density at radius 2 is 1.17 bits per heavy atom. The lowest BCUT2D eigenvalue weighted by molar-refractivity contribution is -0.138. The lowest BCUT2D eigenvalue weighted by Gasteiger charge is -2.13. The maximum atomic E-state index is 12.4. The van der Waals surface area contributed by atoms with Crippen LogP contribution in [0.25, 0.3) is 33.9 Å². The third-order valence-electron chi connectivity index (χ3n) is 10.1. The van der Waals surface area contributed by atoms with Gasteiger partial charge in [-0.3, -0.25) is 14.4 Å². The van der Waals surface area contributed by atoms with Crippen molar-refractivity contribution in [2.45, 2.75) is 31.0 Å². The number of hydrogen-bond acceptors (Lipinski definition) is 12. The zero-order valence-corrected chi connectivity index (χ0v) is 34.7. The highest BCUT2D eigenvalue weighted by molar-refractivity contribution is 5.93. The molecule has 17 heteroatoms. The summed E-state index contributed by atoms with van der Waals surface area (Å²) in [7, 11) is 3.28. The number of esters is 1. The summed E-state index contributed by atoms with van der Waals surface area (Å²) in [6.45, 7) is 2.90. The highest BCUT2D eigenvalue weighted by atomic mass is 16.5. The summed E-state index contributed by atoms with van der Waals surface area (Å²) < 4.78 is 8.37. The van der Waals surface area contributed by atoms with Crippen LogP contribution in [0.5, 0.6) is 0 Å². The van der Waals surface area contributed by atoms with Gasteiger partial charge < -0.3 is 36.6 Å². The number of primary amides is 1. The van der Waals surface area contributed by atoms with E-state index in [4.69, 9.17) is 10.5 Å². The summed E-state index contributed by atoms with van der Waals surface area (Å²) in [5, 5.41) is 29.4.